The Morgan fingerprint density at radius 1 is 1.07 bits per heavy atom. The SMILES string of the molecule is CC(C)(C)c1[c]c(=[Se])cc(C(C)(C)C)o1. The third-order valence-electron chi connectivity index (χ3n) is 2.13. The molecule has 83 valence electrons. The van der Waals surface area contributed by atoms with Crippen LogP contribution in [-0.2, 0) is 10.8 Å². The van der Waals surface area contributed by atoms with Gasteiger partial charge >= 0.3 is 100 Å². The molecule has 1 aromatic rings. The topological polar surface area (TPSA) is 13.1 Å². The summed E-state index contributed by atoms with van der Waals surface area (Å²) in [6, 6.07) is 5.26. The van der Waals surface area contributed by atoms with E-state index in [1.165, 1.54) is 0 Å². The minimum atomic E-state index is -0.000139. The average molecular weight is 270 g/mol. The molecule has 0 aliphatic carbocycles. The summed E-state index contributed by atoms with van der Waals surface area (Å²) in [5.74, 6) is 1.91. The molecule has 2 heteroatoms. The van der Waals surface area contributed by atoms with Gasteiger partial charge in [0, 0.05) is 0 Å². The van der Waals surface area contributed by atoms with Gasteiger partial charge in [-0.05, 0) is 0 Å². The molecule has 1 radical (unpaired) electrons. The van der Waals surface area contributed by atoms with Gasteiger partial charge in [-0.25, -0.2) is 0 Å². The summed E-state index contributed by atoms with van der Waals surface area (Å²) in [7, 11) is 0. The van der Waals surface area contributed by atoms with Gasteiger partial charge in [-0.1, -0.05) is 0 Å². The molecule has 0 aliphatic heterocycles. The predicted octanol–water partition coefficient (Wildman–Crippen LogP) is 3.38. The molecule has 1 rings (SSSR count). The standard InChI is InChI=1S/C13H19OSe/c1-12(2,3)10-7-9(15)8-11(14-10)13(4,5)6/h7H,1-6H3. The summed E-state index contributed by atoms with van der Waals surface area (Å²) < 4.78 is 6.94. The van der Waals surface area contributed by atoms with Crippen LogP contribution >= 0.6 is 0 Å². The normalized spacial score (nSPS) is 12.9. The van der Waals surface area contributed by atoms with Crippen molar-refractivity contribution >= 4 is 15.6 Å². The van der Waals surface area contributed by atoms with Crippen molar-refractivity contribution in [1.29, 1.82) is 0 Å². The molecule has 0 saturated heterocycles. The maximum atomic E-state index is 5.91. The average Bonchev–Trinajstić information content (AvgIpc) is 1.99. The second-order valence-electron chi connectivity index (χ2n) is 5.93. The summed E-state index contributed by atoms with van der Waals surface area (Å²) in [4.78, 5) is 0. The van der Waals surface area contributed by atoms with Crippen LogP contribution in [0.25, 0.3) is 0 Å². The Balaban J connectivity index is 3.36. The first kappa shape index (κ1) is 12.7. The zero-order valence-corrected chi connectivity index (χ0v) is 12.1. The third-order valence-corrected chi connectivity index (χ3v) is 2.59. The van der Waals surface area contributed by atoms with Gasteiger partial charge in [0.05, 0.1) is 0 Å². The van der Waals surface area contributed by atoms with E-state index < -0.39 is 0 Å². The van der Waals surface area contributed by atoms with E-state index in [0.29, 0.717) is 0 Å². The van der Waals surface area contributed by atoms with E-state index in [2.05, 4.69) is 63.2 Å². The van der Waals surface area contributed by atoms with Crippen LogP contribution in [0.2, 0.25) is 0 Å². The predicted molar refractivity (Wildman–Crippen MR) is 63.9 cm³/mol. The van der Waals surface area contributed by atoms with Crippen molar-refractivity contribution in [1.82, 2.24) is 0 Å². The number of hydrogen-bond acceptors (Lipinski definition) is 1. The van der Waals surface area contributed by atoms with E-state index in [4.69, 9.17) is 4.42 Å². The van der Waals surface area contributed by atoms with Gasteiger partial charge in [0.15, 0.2) is 0 Å². The molecule has 1 nitrogen and oxygen atoms in total. The molecule has 0 spiro atoms. The summed E-state index contributed by atoms with van der Waals surface area (Å²) in [5.41, 5.74) is 0.0353. The zero-order chi connectivity index (χ0) is 11.9. The fraction of sp³-hybridized carbons (Fsp3) is 0.615. The summed E-state index contributed by atoms with van der Waals surface area (Å²) in [5, 5.41) is 0. The zero-order valence-electron chi connectivity index (χ0n) is 10.4. The number of rotatable bonds is 0. The first-order valence-electron chi connectivity index (χ1n) is 5.19. The molecule has 1 aromatic heterocycles. The molecule has 0 atom stereocenters. The fourth-order valence-corrected chi connectivity index (χ4v) is 1.56. The van der Waals surface area contributed by atoms with Crippen molar-refractivity contribution in [2.75, 3.05) is 0 Å². The minimum absolute atomic E-state index is 0.000139. The molecule has 15 heavy (non-hydrogen) atoms. The Morgan fingerprint density at radius 2 is 1.60 bits per heavy atom. The van der Waals surface area contributed by atoms with Crippen molar-refractivity contribution in [2.24, 2.45) is 0 Å². The summed E-state index contributed by atoms with van der Waals surface area (Å²) in [6.07, 6.45) is 0. The molecule has 0 fully saturated rings. The molecule has 0 aromatic carbocycles. The summed E-state index contributed by atoms with van der Waals surface area (Å²) >= 11 is 3.01. The monoisotopic (exact) mass is 271 g/mol. The van der Waals surface area contributed by atoms with E-state index in [1.54, 1.807) is 0 Å². The van der Waals surface area contributed by atoms with Gasteiger partial charge < -0.3 is 0 Å². The van der Waals surface area contributed by atoms with Crippen LogP contribution in [0, 0.1) is 10.1 Å². The van der Waals surface area contributed by atoms with Gasteiger partial charge in [-0.3, -0.25) is 0 Å². The van der Waals surface area contributed by atoms with Gasteiger partial charge in [-0.2, -0.15) is 0 Å². The molecule has 1 heterocycles. The summed E-state index contributed by atoms with van der Waals surface area (Å²) in [6.45, 7) is 12.9. The Bertz CT molecular complexity index is 367. The molecular formula is C13H19OSe. The Kier molecular flexibility index (Phi) is 3.33. The fourth-order valence-electron chi connectivity index (χ4n) is 1.14. The Hall–Kier alpha value is -0.331. The van der Waals surface area contributed by atoms with Gasteiger partial charge in [0.1, 0.15) is 0 Å². The van der Waals surface area contributed by atoms with Crippen molar-refractivity contribution < 1.29 is 4.42 Å². The second-order valence-corrected chi connectivity index (χ2v) is 6.85. The second kappa shape index (κ2) is 3.92. The van der Waals surface area contributed by atoms with Crippen LogP contribution in [0.3, 0.4) is 0 Å². The van der Waals surface area contributed by atoms with Crippen LogP contribution in [0.15, 0.2) is 10.5 Å². The Labute approximate surface area is 100 Å². The van der Waals surface area contributed by atoms with Crippen LogP contribution in [0.4, 0.5) is 0 Å². The first-order valence-corrected chi connectivity index (χ1v) is 6.05. The van der Waals surface area contributed by atoms with Gasteiger partial charge in [0.25, 0.3) is 0 Å². The van der Waals surface area contributed by atoms with Crippen molar-refractivity contribution in [3.63, 3.8) is 0 Å². The van der Waals surface area contributed by atoms with Crippen LogP contribution in [0.1, 0.15) is 53.1 Å². The molecule has 0 bridgehead atoms. The van der Waals surface area contributed by atoms with E-state index in [1.807, 2.05) is 6.07 Å². The molecule has 0 saturated carbocycles. The van der Waals surface area contributed by atoms with E-state index in [0.717, 1.165) is 15.6 Å². The quantitative estimate of drug-likeness (QED) is 0.659. The number of hydrogen-bond donors (Lipinski definition) is 0. The van der Waals surface area contributed by atoms with Crippen LogP contribution in [0.5, 0.6) is 0 Å². The van der Waals surface area contributed by atoms with Crippen molar-refractivity contribution in [2.45, 2.75) is 52.4 Å². The van der Waals surface area contributed by atoms with Crippen molar-refractivity contribution in [3.8, 4) is 0 Å². The third kappa shape index (κ3) is 3.32. The van der Waals surface area contributed by atoms with E-state index >= 15 is 0 Å². The van der Waals surface area contributed by atoms with E-state index in [-0.39, 0.29) is 10.8 Å². The molecule has 0 N–H and O–H groups in total. The Morgan fingerprint density at radius 3 is 2.00 bits per heavy atom. The van der Waals surface area contributed by atoms with Gasteiger partial charge in [0.2, 0.25) is 0 Å². The molecular weight excluding hydrogens is 251 g/mol. The van der Waals surface area contributed by atoms with Crippen LogP contribution < -0.4 is 0 Å². The molecule has 0 amide bonds. The van der Waals surface area contributed by atoms with Crippen LogP contribution in [-0.4, -0.2) is 15.6 Å². The molecule has 0 aliphatic rings. The molecule has 0 unspecified atom stereocenters. The van der Waals surface area contributed by atoms with E-state index in [9.17, 15) is 0 Å². The maximum absolute atomic E-state index is 5.91. The van der Waals surface area contributed by atoms with Gasteiger partial charge in [-0.15, -0.1) is 0 Å². The first-order chi connectivity index (χ1) is 6.60. The van der Waals surface area contributed by atoms with Crippen molar-refractivity contribution in [3.05, 3.63) is 27.7 Å².